The van der Waals surface area contributed by atoms with Crippen molar-refractivity contribution >= 4 is 11.8 Å². The Bertz CT molecular complexity index is 560. The fourth-order valence-electron chi connectivity index (χ4n) is 2.99. The number of likely N-dealkylation sites (tertiary alicyclic amines) is 1. The Hall–Kier alpha value is -2.04. The van der Waals surface area contributed by atoms with Crippen LogP contribution in [0.25, 0.3) is 0 Å². The second-order valence-corrected chi connectivity index (χ2v) is 6.61. The van der Waals surface area contributed by atoms with E-state index in [9.17, 15) is 9.59 Å². The number of nitrogens with zero attached hydrogens (tertiary/aromatic N) is 1. The van der Waals surface area contributed by atoms with E-state index < -0.39 is 0 Å². The van der Waals surface area contributed by atoms with Crippen LogP contribution in [0.1, 0.15) is 50.5 Å². The maximum Gasteiger partial charge on any atom is 0.222 e. The molecule has 1 heterocycles. The van der Waals surface area contributed by atoms with E-state index in [0.717, 1.165) is 50.1 Å². The minimum Gasteiger partial charge on any atom is -0.493 e. The number of ether oxygens (including phenoxy) is 1. The zero-order chi connectivity index (χ0) is 17.9. The lowest BCUT2D eigenvalue weighted by atomic mass is 10.2. The first-order valence-electron chi connectivity index (χ1n) is 9.40. The molecule has 1 aliphatic heterocycles. The predicted molar refractivity (Wildman–Crippen MR) is 98.6 cm³/mol. The van der Waals surface area contributed by atoms with E-state index in [0.29, 0.717) is 32.4 Å². The van der Waals surface area contributed by atoms with Crippen molar-refractivity contribution in [3.8, 4) is 5.75 Å². The first kappa shape index (κ1) is 19.3. The molecule has 138 valence electrons. The number of carbonyl (C=O) groups is 2. The number of aryl methyl sites for hydroxylation is 1. The van der Waals surface area contributed by atoms with Crippen molar-refractivity contribution in [2.75, 3.05) is 26.2 Å². The third-order valence-corrected chi connectivity index (χ3v) is 4.50. The van der Waals surface area contributed by atoms with E-state index in [2.05, 4.69) is 5.32 Å². The molecule has 0 spiro atoms. The number of para-hydroxylation sites is 1. The average molecular weight is 346 g/mol. The standard InChI is InChI=1S/C20H30N2O3/c1-17-9-4-5-10-18(17)25-16-7-11-19(23)21-13-8-15-22-14-6-2-3-12-20(22)24/h4-5,9-10H,2-3,6-8,11-16H2,1H3,(H,21,23). The van der Waals surface area contributed by atoms with Crippen LogP contribution in [0.4, 0.5) is 0 Å². The molecule has 0 aromatic heterocycles. The summed E-state index contributed by atoms with van der Waals surface area (Å²) in [5.41, 5.74) is 1.11. The third kappa shape index (κ3) is 7.16. The Morgan fingerprint density at radius 1 is 1.20 bits per heavy atom. The van der Waals surface area contributed by atoms with Crippen LogP contribution in [0, 0.1) is 6.92 Å². The van der Waals surface area contributed by atoms with Crippen molar-refractivity contribution in [3.63, 3.8) is 0 Å². The van der Waals surface area contributed by atoms with Gasteiger partial charge >= 0.3 is 0 Å². The molecule has 1 N–H and O–H groups in total. The van der Waals surface area contributed by atoms with Crippen molar-refractivity contribution < 1.29 is 14.3 Å². The fraction of sp³-hybridized carbons (Fsp3) is 0.600. The summed E-state index contributed by atoms with van der Waals surface area (Å²) in [5, 5.41) is 2.93. The molecular weight excluding hydrogens is 316 g/mol. The van der Waals surface area contributed by atoms with Gasteiger partial charge in [-0.1, -0.05) is 24.6 Å². The molecule has 0 saturated carbocycles. The number of rotatable bonds is 9. The highest BCUT2D eigenvalue weighted by molar-refractivity contribution is 5.76. The van der Waals surface area contributed by atoms with E-state index in [4.69, 9.17) is 4.74 Å². The molecule has 0 bridgehead atoms. The zero-order valence-corrected chi connectivity index (χ0v) is 15.3. The van der Waals surface area contributed by atoms with Gasteiger partial charge in [0.15, 0.2) is 0 Å². The van der Waals surface area contributed by atoms with Gasteiger partial charge in [-0.2, -0.15) is 0 Å². The van der Waals surface area contributed by atoms with E-state index in [1.807, 2.05) is 36.1 Å². The molecule has 1 aromatic carbocycles. The van der Waals surface area contributed by atoms with Crippen LogP contribution in [0.3, 0.4) is 0 Å². The van der Waals surface area contributed by atoms with Crippen molar-refractivity contribution in [1.82, 2.24) is 10.2 Å². The lowest BCUT2D eigenvalue weighted by Crippen LogP contribution is -2.34. The first-order valence-corrected chi connectivity index (χ1v) is 9.40. The van der Waals surface area contributed by atoms with Crippen molar-refractivity contribution in [2.45, 2.75) is 51.9 Å². The number of benzene rings is 1. The topological polar surface area (TPSA) is 58.6 Å². The normalized spacial score (nSPS) is 14.9. The monoisotopic (exact) mass is 346 g/mol. The van der Waals surface area contributed by atoms with Crippen LogP contribution in [0.5, 0.6) is 5.75 Å². The smallest absolute Gasteiger partial charge is 0.222 e. The minimum absolute atomic E-state index is 0.0515. The van der Waals surface area contributed by atoms with Crippen LogP contribution in [0.15, 0.2) is 24.3 Å². The van der Waals surface area contributed by atoms with E-state index in [1.54, 1.807) is 0 Å². The molecule has 25 heavy (non-hydrogen) atoms. The highest BCUT2D eigenvalue weighted by Gasteiger charge is 2.15. The lowest BCUT2D eigenvalue weighted by Gasteiger charge is -2.20. The second kappa shape index (κ2) is 10.7. The van der Waals surface area contributed by atoms with E-state index >= 15 is 0 Å². The fourth-order valence-corrected chi connectivity index (χ4v) is 2.99. The van der Waals surface area contributed by atoms with Gasteiger partial charge in [-0.25, -0.2) is 0 Å². The molecule has 1 saturated heterocycles. The molecule has 1 fully saturated rings. The molecule has 0 aliphatic carbocycles. The summed E-state index contributed by atoms with van der Waals surface area (Å²) in [6, 6.07) is 7.88. The summed E-state index contributed by atoms with van der Waals surface area (Å²) < 4.78 is 5.69. The average Bonchev–Trinajstić information content (AvgIpc) is 2.81. The minimum atomic E-state index is 0.0515. The molecule has 0 radical (unpaired) electrons. The number of carbonyl (C=O) groups excluding carboxylic acids is 2. The molecule has 5 nitrogen and oxygen atoms in total. The summed E-state index contributed by atoms with van der Waals surface area (Å²) in [6.45, 7) is 4.79. The number of amides is 2. The highest BCUT2D eigenvalue weighted by atomic mass is 16.5. The van der Waals surface area contributed by atoms with Crippen molar-refractivity contribution in [1.29, 1.82) is 0 Å². The SMILES string of the molecule is Cc1ccccc1OCCCC(=O)NCCCN1CCCCCC1=O. The Morgan fingerprint density at radius 2 is 2.04 bits per heavy atom. The number of nitrogens with one attached hydrogen (secondary N) is 1. The lowest BCUT2D eigenvalue weighted by molar-refractivity contribution is -0.130. The molecule has 2 rings (SSSR count). The maximum atomic E-state index is 11.9. The molecule has 2 amide bonds. The summed E-state index contributed by atoms with van der Waals surface area (Å²) in [4.78, 5) is 25.7. The predicted octanol–water partition coefficient (Wildman–Crippen LogP) is 3.06. The largest absolute Gasteiger partial charge is 0.493 e. The van der Waals surface area contributed by atoms with Crippen LogP contribution < -0.4 is 10.1 Å². The Labute approximate surface area is 150 Å². The highest BCUT2D eigenvalue weighted by Crippen LogP contribution is 2.16. The summed E-state index contributed by atoms with van der Waals surface area (Å²) in [5.74, 6) is 1.19. The van der Waals surface area contributed by atoms with E-state index in [-0.39, 0.29) is 11.8 Å². The molecule has 0 atom stereocenters. The molecule has 5 heteroatoms. The Morgan fingerprint density at radius 3 is 2.88 bits per heavy atom. The molecule has 0 unspecified atom stereocenters. The van der Waals surface area contributed by atoms with Gasteiger partial charge in [-0.15, -0.1) is 0 Å². The van der Waals surface area contributed by atoms with Gasteiger partial charge in [0.2, 0.25) is 11.8 Å². The van der Waals surface area contributed by atoms with Gasteiger partial charge in [0, 0.05) is 32.5 Å². The van der Waals surface area contributed by atoms with Gasteiger partial charge in [-0.3, -0.25) is 9.59 Å². The van der Waals surface area contributed by atoms with Crippen molar-refractivity contribution in [3.05, 3.63) is 29.8 Å². The summed E-state index contributed by atoms with van der Waals surface area (Å²) in [7, 11) is 0. The van der Waals surface area contributed by atoms with Gasteiger partial charge < -0.3 is 15.0 Å². The Balaban J connectivity index is 1.52. The number of hydrogen-bond acceptors (Lipinski definition) is 3. The first-order chi connectivity index (χ1) is 12.2. The zero-order valence-electron chi connectivity index (χ0n) is 15.3. The maximum absolute atomic E-state index is 11.9. The van der Waals surface area contributed by atoms with Gasteiger partial charge in [-0.05, 0) is 44.2 Å². The van der Waals surface area contributed by atoms with Crippen LogP contribution in [-0.2, 0) is 9.59 Å². The molecule has 1 aliphatic rings. The van der Waals surface area contributed by atoms with Crippen molar-refractivity contribution in [2.24, 2.45) is 0 Å². The Kier molecular flexibility index (Phi) is 8.29. The second-order valence-electron chi connectivity index (χ2n) is 6.61. The third-order valence-electron chi connectivity index (χ3n) is 4.50. The molecule has 1 aromatic rings. The van der Waals surface area contributed by atoms with Crippen LogP contribution in [0.2, 0.25) is 0 Å². The quantitative estimate of drug-likeness (QED) is 0.699. The van der Waals surface area contributed by atoms with Gasteiger partial charge in [0.1, 0.15) is 5.75 Å². The van der Waals surface area contributed by atoms with E-state index in [1.165, 1.54) is 0 Å². The van der Waals surface area contributed by atoms with Gasteiger partial charge in [0.25, 0.3) is 0 Å². The van der Waals surface area contributed by atoms with Gasteiger partial charge in [0.05, 0.1) is 6.61 Å². The van der Waals surface area contributed by atoms with Crippen LogP contribution in [-0.4, -0.2) is 43.0 Å². The summed E-state index contributed by atoms with van der Waals surface area (Å²) >= 11 is 0. The summed E-state index contributed by atoms with van der Waals surface area (Å²) in [6.07, 6.45) is 5.91. The number of hydrogen-bond donors (Lipinski definition) is 1. The van der Waals surface area contributed by atoms with Crippen LogP contribution >= 0.6 is 0 Å². The molecular formula is C20H30N2O3.